The molecule has 43 heavy (non-hydrogen) atoms. The van der Waals surface area contributed by atoms with Crippen LogP contribution < -0.4 is 10.4 Å². The maximum Gasteiger partial charge on any atom is 0.330 e. The van der Waals surface area contributed by atoms with Crippen LogP contribution in [0.2, 0.25) is 0 Å². The number of hydrogen-bond donors (Lipinski definition) is 0. The van der Waals surface area contributed by atoms with Crippen molar-refractivity contribution in [1.82, 2.24) is 29.2 Å². The molecular weight excluding hydrogens is 552 g/mol. The first kappa shape index (κ1) is 28.7. The molecular formula is C31H42N6O6. The predicted octanol–water partition coefficient (Wildman–Crippen LogP) is 3.34. The summed E-state index contributed by atoms with van der Waals surface area (Å²) in [7, 11) is 5.53. The maximum absolute atomic E-state index is 13.7. The number of aromatic nitrogens is 5. The Balaban J connectivity index is 1.38. The van der Waals surface area contributed by atoms with Gasteiger partial charge < -0.3 is 18.7 Å². The molecule has 0 amide bonds. The largest absolute Gasteiger partial charge is 0.471 e. The number of likely N-dealkylation sites (N-methyl/N-ethyl adjacent to an activating group) is 1. The molecule has 232 valence electrons. The van der Waals surface area contributed by atoms with Gasteiger partial charge in [-0.2, -0.15) is 4.98 Å². The Morgan fingerprint density at radius 3 is 2.65 bits per heavy atom. The second kappa shape index (κ2) is 10.8. The number of carbonyl (C=O) groups excluding carboxylic acids is 1. The summed E-state index contributed by atoms with van der Waals surface area (Å²) < 4.78 is 27.6. The smallest absolute Gasteiger partial charge is 0.330 e. The van der Waals surface area contributed by atoms with Gasteiger partial charge in [0.15, 0.2) is 11.2 Å². The molecule has 1 spiro atoms. The molecule has 7 rings (SSSR count). The average molecular weight is 595 g/mol. The van der Waals surface area contributed by atoms with Crippen LogP contribution in [0.15, 0.2) is 9.32 Å². The molecule has 12 heteroatoms. The number of carbonyl (C=O) groups is 1. The highest BCUT2D eigenvalue weighted by atomic mass is 16.5. The van der Waals surface area contributed by atoms with E-state index < -0.39 is 5.41 Å². The van der Waals surface area contributed by atoms with Crippen molar-refractivity contribution in [2.75, 3.05) is 27.3 Å². The van der Waals surface area contributed by atoms with Crippen LogP contribution in [0.1, 0.15) is 82.5 Å². The summed E-state index contributed by atoms with van der Waals surface area (Å²) in [6.45, 7) is 5.36. The van der Waals surface area contributed by atoms with Crippen LogP contribution in [0.25, 0.3) is 22.7 Å². The van der Waals surface area contributed by atoms with Gasteiger partial charge >= 0.3 is 5.69 Å². The van der Waals surface area contributed by atoms with Gasteiger partial charge in [-0.05, 0) is 65.8 Å². The van der Waals surface area contributed by atoms with Crippen LogP contribution in [0.5, 0.6) is 5.88 Å². The number of likely N-dealkylation sites (tertiary alicyclic amines) is 1. The van der Waals surface area contributed by atoms with E-state index in [2.05, 4.69) is 17.1 Å². The molecule has 12 nitrogen and oxygen atoms in total. The van der Waals surface area contributed by atoms with E-state index >= 15 is 0 Å². The number of hydrogen-bond acceptors (Lipinski definition) is 10. The summed E-state index contributed by atoms with van der Waals surface area (Å²) in [6.07, 6.45) is 7.09. The summed E-state index contributed by atoms with van der Waals surface area (Å²) in [4.78, 5) is 39.2. The van der Waals surface area contributed by atoms with Crippen LogP contribution >= 0.6 is 0 Å². The molecule has 5 heterocycles. The standard InChI is InChI=1S/C31H42N6O6/c1-17-15-19(16-41-17)37-28-24(36(4)30(37)39)29(42-18(2)23-21(40-5)11-14-35(23)3)33-27(32-28)25-20-9-8-13-31(26(20)34-43-25)12-7-6-10-22(31)38/h17-19,21,23H,6-16H2,1-5H3/t17-,18-,19+,21-,23+,31+/m0/s1. The fraction of sp³-hybridized carbons (Fsp3) is 0.710. The lowest BCUT2D eigenvalue weighted by atomic mass is 9.64. The van der Waals surface area contributed by atoms with E-state index in [1.54, 1.807) is 23.3 Å². The third-order valence-electron chi connectivity index (χ3n) is 10.4. The molecule has 3 aromatic heterocycles. The lowest BCUT2D eigenvalue weighted by Gasteiger charge is -2.37. The van der Waals surface area contributed by atoms with Crippen molar-refractivity contribution in [2.45, 2.75) is 107 Å². The zero-order valence-electron chi connectivity index (χ0n) is 25.8. The Morgan fingerprint density at radius 1 is 1.09 bits per heavy atom. The molecule has 4 aliphatic rings. The van der Waals surface area contributed by atoms with Gasteiger partial charge in [-0.1, -0.05) is 11.6 Å². The Hall–Kier alpha value is -3.09. The van der Waals surface area contributed by atoms with Crippen molar-refractivity contribution in [1.29, 1.82) is 0 Å². The maximum atomic E-state index is 13.7. The second-order valence-corrected chi connectivity index (χ2v) is 13.0. The number of methoxy groups -OCH3 is 1. The van der Waals surface area contributed by atoms with Crippen LogP contribution in [-0.2, 0) is 33.2 Å². The monoisotopic (exact) mass is 594 g/mol. The molecule has 0 radical (unpaired) electrons. The number of ketones is 1. The van der Waals surface area contributed by atoms with E-state index in [1.807, 2.05) is 13.8 Å². The zero-order chi connectivity index (χ0) is 30.0. The Labute approximate surface area is 250 Å². The Bertz CT molecular complexity index is 1610. The molecule has 2 saturated heterocycles. The van der Waals surface area contributed by atoms with Crippen molar-refractivity contribution >= 4 is 16.9 Å². The topological polar surface area (TPSA) is 127 Å². The molecule has 0 unspecified atom stereocenters. The predicted molar refractivity (Wildman–Crippen MR) is 157 cm³/mol. The van der Waals surface area contributed by atoms with E-state index in [9.17, 15) is 9.59 Å². The summed E-state index contributed by atoms with van der Waals surface area (Å²) in [6, 6.07) is -0.151. The highest BCUT2D eigenvalue weighted by molar-refractivity contribution is 5.91. The minimum Gasteiger partial charge on any atom is -0.471 e. The molecule has 3 fully saturated rings. The van der Waals surface area contributed by atoms with E-state index in [-0.39, 0.29) is 41.9 Å². The molecule has 2 aliphatic heterocycles. The first-order chi connectivity index (χ1) is 20.7. The van der Waals surface area contributed by atoms with E-state index in [4.69, 9.17) is 28.7 Å². The number of rotatable bonds is 6. The molecule has 6 atom stereocenters. The van der Waals surface area contributed by atoms with Gasteiger partial charge in [-0.15, -0.1) is 0 Å². The molecule has 1 saturated carbocycles. The number of ether oxygens (including phenoxy) is 3. The lowest BCUT2D eigenvalue weighted by molar-refractivity contribution is -0.127. The van der Waals surface area contributed by atoms with E-state index in [0.29, 0.717) is 48.1 Å². The third-order valence-corrected chi connectivity index (χ3v) is 10.4. The SMILES string of the molecule is CO[C@H]1CCN(C)[C@@H]1[C@H](C)Oc1nc(-c2onc3c2CCC[C@@]32CCCCC2=O)nc2c1n(C)c(=O)n2[C@H]1CO[C@@H](C)C1. The number of imidazole rings is 1. The summed E-state index contributed by atoms with van der Waals surface area (Å²) in [5.41, 5.74) is 1.88. The van der Waals surface area contributed by atoms with Gasteiger partial charge in [-0.3, -0.25) is 18.8 Å². The van der Waals surface area contributed by atoms with Crippen LogP contribution in [-0.4, -0.2) is 86.6 Å². The lowest BCUT2D eigenvalue weighted by Crippen LogP contribution is -2.45. The van der Waals surface area contributed by atoms with Crippen molar-refractivity contribution in [3.63, 3.8) is 0 Å². The van der Waals surface area contributed by atoms with Crippen molar-refractivity contribution < 1.29 is 23.5 Å². The van der Waals surface area contributed by atoms with Gasteiger partial charge in [0, 0.05) is 32.7 Å². The zero-order valence-corrected chi connectivity index (χ0v) is 25.8. The Kier molecular flexibility index (Phi) is 7.21. The quantitative estimate of drug-likeness (QED) is 0.419. The number of fused-ring (bicyclic) bond motifs is 3. The van der Waals surface area contributed by atoms with Crippen LogP contribution in [0.4, 0.5) is 0 Å². The molecule has 0 aromatic carbocycles. The van der Waals surface area contributed by atoms with E-state index in [0.717, 1.165) is 62.7 Å². The molecule has 2 aliphatic carbocycles. The molecule has 3 aromatic rings. The van der Waals surface area contributed by atoms with Gasteiger partial charge in [0.1, 0.15) is 17.6 Å². The number of aryl methyl sites for hydroxylation is 1. The van der Waals surface area contributed by atoms with Crippen molar-refractivity contribution in [3.8, 4) is 17.5 Å². The van der Waals surface area contributed by atoms with Crippen molar-refractivity contribution in [2.24, 2.45) is 7.05 Å². The fourth-order valence-corrected chi connectivity index (χ4v) is 8.20. The normalized spacial score (nSPS) is 30.4. The van der Waals surface area contributed by atoms with Gasteiger partial charge in [0.25, 0.3) is 0 Å². The highest BCUT2D eigenvalue weighted by Gasteiger charge is 2.48. The number of Topliss-reactive ketones (excluding diaryl/α,β-unsaturated/α-hetero) is 1. The summed E-state index contributed by atoms with van der Waals surface area (Å²) >= 11 is 0. The molecule has 0 N–H and O–H groups in total. The average Bonchev–Trinajstić information content (AvgIpc) is 3.76. The molecule has 0 bridgehead atoms. The first-order valence-corrected chi connectivity index (χ1v) is 15.8. The first-order valence-electron chi connectivity index (χ1n) is 15.8. The summed E-state index contributed by atoms with van der Waals surface area (Å²) in [5, 5.41) is 4.52. The third kappa shape index (κ3) is 4.47. The summed E-state index contributed by atoms with van der Waals surface area (Å²) in [5.74, 6) is 1.35. The van der Waals surface area contributed by atoms with Gasteiger partial charge in [0.05, 0.1) is 36.3 Å². The highest BCUT2D eigenvalue weighted by Crippen LogP contribution is 2.47. The van der Waals surface area contributed by atoms with E-state index in [1.165, 1.54) is 0 Å². The fourth-order valence-electron chi connectivity index (χ4n) is 8.20. The number of nitrogens with zero attached hydrogens (tertiary/aromatic N) is 6. The minimum atomic E-state index is -0.583. The second-order valence-electron chi connectivity index (χ2n) is 13.0. The van der Waals surface area contributed by atoms with Gasteiger partial charge in [0.2, 0.25) is 17.5 Å². The van der Waals surface area contributed by atoms with Gasteiger partial charge in [-0.25, -0.2) is 9.78 Å². The minimum absolute atomic E-state index is 0.0110. The van der Waals surface area contributed by atoms with Crippen molar-refractivity contribution in [3.05, 3.63) is 21.7 Å². The van der Waals surface area contributed by atoms with Crippen LogP contribution in [0, 0.1) is 0 Å². The van der Waals surface area contributed by atoms with Crippen LogP contribution in [0.3, 0.4) is 0 Å². The Morgan fingerprint density at radius 2 is 1.91 bits per heavy atom.